The van der Waals surface area contributed by atoms with Crippen molar-refractivity contribution in [3.05, 3.63) is 18.6 Å². The molecule has 0 aliphatic heterocycles. The number of H-pyrrole nitrogens is 1. The number of anilines is 1. The maximum Gasteiger partial charge on any atom is 0.181 e. The van der Waals surface area contributed by atoms with Crippen LogP contribution in [0.1, 0.15) is 38.1 Å². The molecular formula is C14H17N7. The van der Waals surface area contributed by atoms with E-state index in [-0.39, 0.29) is 0 Å². The van der Waals surface area contributed by atoms with Crippen molar-refractivity contribution in [3.63, 3.8) is 0 Å². The fourth-order valence-corrected chi connectivity index (χ4v) is 3.07. The summed E-state index contributed by atoms with van der Waals surface area (Å²) in [6.07, 6.45) is 9.72. The van der Waals surface area contributed by atoms with E-state index < -0.39 is 0 Å². The Bertz CT molecular complexity index is 753. The van der Waals surface area contributed by atoms with E-state index in [0.717, 1.165) is 11.3 Å². The van der Waals surface area contributed by atoms with Gasteiger partial charge >= 0.3 is 0 Å². The summed E-state index contributed by atoms with van der Waals surface area (Å²) >= 11 is 0. The zero-order valence-electron chi connectivity index (χ0n) is 11.7. The second kappa shape index (κ2) is 4.83. The van der Waals surface area contributed by atoms with E-state index in [1.807, 2.05) is 12.4 Å². The first-order valence-electron chi connectivity index (χ1n) is 7.33. The molecule has 21 heavy (non-hydrogen) atoms. The largest absolute Gasteiger partial charge is 0.382 e. The van der Waals surface area contributed by atoms with Crippen LogP contribution in [0.4, 0.5) is 5.82 Å². The topological polar surface area (TPSA) is 98.3 Å². The van der Waals surface area contributed by atoms with E-state index in [9.17, 15) is 0 Å². The highest BCUT2D eigenvalue weighted by molar-refractivity contribution is 5.83. The lowest BCUT2D eigenvalue weighted by molar-refractivity contribution is 0.358. The number of fused-ring (bicyclic) bond motifs is 1. The van der Waals surface area contributed by atoms with E-state index in [1.54, 1.807) is 6.20 Å². The van der Waals surface area contributed by atoms with Gasteiger partial charge < -0.3 is 10.3 Å². The highest BCUT2D eigenvalue weighted by atomic mass is 15.2. The SMILES string of the molecule is Nc1nc(-c2ccn[nH]2)nc2c1ncn2C1CCCCC1. The summed E-state index contributed by atoms with van der Waals surface area (Å²) in [7, 11) is 0. The van der Waals surface area contributed by atoms with Crippen LogP contribution in [0.2, 0.25) is 0 Å². The van der Waals surface area contributed by atoms with Crippen molar-refractivity contribution in [2.75, 3.05) is 5.73 Å². The van der Waals surface area contributed by atoms with Crippen LogP contribution in [-0.4, -0.2) is 29.7 Å². The number of nitrogens with two attached hydrogens (primary N) is 1. The smallest absolute Gasteiger partial charge is 0.181 e. The summed E-state index contributed by atoms with van der Waals surface area (Å²) in [6, 6.07) is 2.30. The quantitative estimate of drug-likeness (QED) is 0.752. The van der Waals surface area contributed by atoms with Gasteiger partial charge in [-0.25, -0.2) is 15.0 Å². The predicted molar refractivity (Wildman–Crippen MR) is 79.4 cm³/mol. The number of nitrogens with zero attached hydrogens (tertiary/aromatic N) is 5. The number of nitrogen functional groups attached to an aromatic ring is 1. The van der Waals surface area contributed by atoms with Gasteiger partial charge in [-0.2, -0.15) is 5.10 Å². The fourth-order valence-electron chi connectivity index (χ4n) is 3.07. The van der Waals surface area contributed by atoms with Gasteiger partial charge in [-0.15, -0.1) is 0 Å². The normalized spacial score (nSPS) is 16.6. The molecule has 0 spiro atoms. The zero-order valence-corrected chi connectivity index (χ0v) is 11.7. The van der Waals surface area contributed by atoms with Crippen LogP contribution in [0.15, 0.2) is 18.6 Å². The van der Waals surface area contributed by atoms with Crippen molar-refractivity contribution in [2.24, 2.45) is 0 Å². The second-order valence-electron chi connectivity index (χ2n) is 5.52. The molecule has 0 aromatic carbocycles. The van der Waals surface area contributed by atoms with E-state index in [2.05, 4.69) is 29.7 Å². The summed E-state index contributed by atoms with van der Waals surface area (Å²) in [5.41, 5.74) is 8.31. The highest BCUT2D eigenvalue weighted by Gasteiger charge is 2.20. The summed E-state index contributed by atoms with van der Waals surface area (Å²) in [4.78, 5) is 13.4. The van der Waals surface area contributed by atoms with E-state index in [4.69, 9.17) is 5.73 Å². The molecule has 1 fully saturated rings. The number of rotatable bonds is 2. The molecule has 0 saturated heterocycles. The van der Waals surface area contributed by atoms with Crippen molar-refractivity contribution >= 4 is 17.0 Å². The minimum atomic E-state index is 0.416. The van der Waals surface area contributed by atoms with E-state index >= 15 is 0 Å². The van der Waals surface area contributed by atoms with Crippen LogP contribution in [0.3, 0.4) is 0 Å². The summed E-state index contributed by atoms with van der Waals surface area (Å²) < 4.78 is 2.16. The Labute approximate surface area is 121 Å². The summed E-state index contributed by atoms with van der Waals surface area (Å²) in [5.74, 6) is 0.981. The first-order chi connectivity index (χ1) is 10.3. The maximum absolute atomic E-state index is 6.04. The first kappa shape index (κ1) is 12.3. The van der Waals surface area contributed by atoms with Gasteiger partial charge in [-0.3, -0.25) is 5.10 Å². The van der Waals surface area contributed by atoms with Crippen LogP contribution in [-0.2, 0) is 0 Å². The van der Waals surface area contributed by atoms with Crippen molar-refractivity contribution < 1.29 is 0 Å². The molecule has 3 aromatic rings. The second-order valence-corrected chi connectivity index (χ2v) is 5.52. The minimum absolute atomic E-state index is 0.416. The predicted octanol–water partition coefficient (Wildman–Crippen LogP) is 2.30. The average Bonchev–Trinajstić information content (AvgIpc) is 3.18. The van der Waals surface area contributed by atoms with Gasteiger partial charge in [0, 0.05) is 12.2 Å². The first-order valence-corrected chi connectivity index (χ1v) is 7.33. The third-order valence-electron chi connectivity index (χ3n) is 4.16. The maximum atomic E-state index is 6.04. The van der Waals surface area contributed by atoms with Gasteiger partial charge in [-0.1, -0.05) is 19.3 Å². The minimum Gasteiger partial charge on any atom is -0.382 e. The van der Waals surface area contributed by atoms with Gasteiger partial charge in [0.1, 0.15) is 11.2 Å². The number of aromatic nitrogens is 6. The number of imidazole rings is 1. The highest BCUT2D eigenvalue weighted by Crippen LogP contribution is 2.31. The summed E-state index contributed by atoms with van der Waals surface area (Å²) in [5, 5.41) is 6.82. The molecule has 0 bridgehead atoms. The van der Waals surface area contributed by atoms with Gasteiger partial charge in [-0.05, 0) is 18.9 Å². The molecule has 1 aliphatic rings. The Morgan fingerprint density at radius 1 is 1.19 bits per heavy atom. The van der Waals surface area contributed by atoms with Crippen molar-refractivity contribution in [3.8, 4) is 11.5 Å². The number of aromatic amines is 1. The summed E-state index contributed by atoms with van der Waals surface area (Å²) in [6.45, 7) is 0. The van der Waals surface area contributed by atoms with Gasteiger partial charge in [0.15, 0.2) is 17.3 Å². The van der Waals surface area contributed by atoms with Crippen LogP contribution in [0.25, 0.3) is 22.7 Å². The van der Waals surface area contributed by atoms with Crippen molar-refractivity contribution in [1.82, 2.24) is 29.7 Å². The average molecular weight is 283 g/mol. The molecule has 0 atom stereocenters. The number of hydrogen-bond acceptors (Lipinski definition) is 5. The third kappa shape index (κ3) is 2.05. The van der Waals surface area contributed by atoms with Crippen molar-refractivity contribution in [2.45, 2.75) is 38.1 Å². The van der Waals surface area contributed by atoms with Gasteiger partial charge in [0.2, 0.25) is 0 Å². The fraction of sp³-hybridized carbons (Fsp3) is 0.429. The third-order valence-corrected chi connectivity index (χ3v) is 4.16. The Morgan fingerprint density at radius 3 is 2.81 bits per heavy atom. The monoisotopic (exact) mass is 283 g/mol. The number of hydrogen-bond donors (Lipinski definition) is 2. The molecule has 3 heterocycles. The standard InChI is InChI=1S/C14H17N7/c15-12-11-14(19-13(18-12)10-6-7-17-20-10)21(8-16-11)9-4-2-1-3-5-9/h6-9H,1-5H2,(H,17,20)(H2,15,18,19). The molecular weight excluding hydrogens is 266 g/mol. The molecule has 0 radical (unpaired) electrons. The van der Waals surface area contributed by atoms with E-state index in [0.29, 0.717) is 23.2 Å². The lowest BCUT2D eigenvalue weighted by Gasteiger charge is -2.23. The molecule has 1 aliphatic carbocycles. The lowest BCUT2D eigenvalue weighted by Crippen LogP contribution is -2.12. The number of nitrogens with one attached hydrogen (secondary N) is 1. The Morgan fingerprint density at radius 2 is 2.05 bits per heavy atom. The molecule has 4 rings (SSSR count). The molecule has 7 nitrogen and oxygen atoms in total. The van der Waals surface area contributed by atoms with Gasteiger partial charge in [0.05, 0.1) is 6.33 Å². The molecule has 108 valence electrons. The Hall–Kier alpha value is -2.44. The zero-order chi connectivity index (χ0) is 14.2. The lowest BCUT2D eigenvalue weighted by atomic mass is 9.95. The molecule has 1 saturated carbocycles. The molecule has 7 heteroatoms. The van der Waals surface area contributed by atoms with Crippen molar-refractivity contribution in [1.29, 1.82) is 0 Å². The van der Waals surface area contributed by atoms with Crippen LogP contribution in [0, 0.1) is 0 Å². The van der Waals surface area contributed by atoms with Crippen LogP contribution < -0.4 is 5.73 Å². The molecule has 0 amide bonds. The molecule has 3 N–H and O–H groups in total. The van der Waals surface area contributed by atoms with Gasteiger partial charge in [0.25, 0.3) is 0 Å². The Kier molecular flexibility index (Phi) is 2.83. The van der Waals surface area contributed by atoms with Crippen LogP contribution >= 0.6 is 0 Å². The molecule has 0 unspecified atom stereocenters. The Balaban J connectivity index is 1.85. The van der Waals surface area contributed by atoms with Crippen LogP contribution in [0.5, 0.6) is 0 Å². The van der Waals surface area contributed by atoms with E-state index in [1.165, 1.54) is 32.1 Å². The molecule has 3 aromatic heterocycles.